The molecular weight excluding hydrogens is 436 g/mol. The van der Waals surface area contributed by atoms with Gasteiger partial charge in [-0.15, -0.1) is 11.3 Å². The predicted octanol–water partition coefficient (Wildman–Crippen LogP) is 4.35. The Hall–Kier alpha value is -2.48. The van der Waals surface area contributed by atoms with Crippen LogP contribution in [0.5, 0.6) is 0 Å². The highest BCUT2D eigenvalue weighted by molar-refractivity contribution is 7.12. The first-order valence-electron chi connectivity index (χ1n) is 11.5. The summed E-state index contributed by atoms with van der Waals surface area (Å²) in [4.78, 5) is 31.0. The molecule has 33 heavy (non-hydrogen) atoms. The molecule has 0 saturated carbocycles. The fourth-order valence-electron chi connectivity index (χ4n) is 4.46. The molecule has 3 heterocycles. The van der Waals surface area contributed by atoms with Crippen molar-refractivity contribution in [1.82, 2.24) is 9.80 Å². The minimum absolute atomic E-state index is 0.00450. The predicted molar refractivity (Wildman–Crippen MR) is 130 cm³/mol. The molecule has 1 atom stereocenters. The fraction of sp³-hybridized carbons (Fsp3) is 0.462. The average Bonchev–Trinajstić information content (AvgIpc) is 3.42. The van der Waals surface area contributed by atoms with Gasteiger partial charge in [-0.1, -0.05) is 51.1 Å². The zero-order valence-electron chi connectivity index (χ0n) is 19.5. The summed E-state index contributed by atoms with van der Waals surface area (Å²) < 4.78 is 5.41. The molecule has 2 aromatic rings. The van der Waals surface area contributed by atoms with Crippen LogP contribution in [0.25, 0.3) is 0 Å². The number of morpholine rings is 1. The third kappa shape index (κ3) is 5.05. The third-order valence-electron chi connectivity index (χ3n) is 6.36. The number of carbonyl (C=O) groups is 2. The van der Waals surface area contributed by atoms with Crippen LogP contribution in [0.2, 0.25) is 0 Å². The molecule has 4 rings (SSSR count). The first-order chi connectivity index (χ1) is 15.8. The van der Waals surface area contributed by atoms with E-state index in [-0.39, 0.29) is 16.8 Å². The number of aliphatic hydroxyl groups excluding tert-OH is 1. The van der Waals surface area contributed by atoms with Gasteiger partial charge in [0.05, 0.1) is 29.7 Å². The van der Waals surface area contributed by atoms with Gasteiger partial charge in [0.25, 0.3) is 5.91 Å². The van der Waals surface area contributed by atoms with Crippen LogP contribution in [0, 0.1) is 0 Å². The molecule has 1 unspecified atom stereocenters. The second kappa shape index (κ2) is 9.79. The van der Waals surface area contributed by atoms with E-state index >= 15 is 0 Å². The highest BCUT2D eigenvalue weighted by Gasteiger charge is 2.43. The molecule has 1 fully saturated rings. The van der Waals surface area contributed by atoms with Gasteiger partial charge in [0.15, 0.2) is 5.76 Å². The smallest absolute Gasteiger partial charge is 0.290 e. The Morgan fingerprint density at radius 1 is 1.12 bits per heavy atom. The van der Waals surface area contributed by atoms with E-state index in [0.717, 1.165) is 44.8 Å². The van der Waals surface area contributed by atoms with E-state index in [9.17, 15) is 14.7 Å². The largest absolute Gasteiger partial charge is 0.503 e. The quantitative estimate of drug-likeness (QED) is 0.612. The number of hydrogen-bond acceptors (Lipinski definition) is 6. The van der Waals surface area contributed by atoms with E-state index < -0.39 is 17.7 Å². The van der Waals surface area contributed by atoms with Crippen LogP contribution in [-0.4, -0.2) is 66.0 Å². The third-order valence-corrected chi connectivity index (χ3v) is 7.23. The van der Waals surface area contributed by atoms with Crippen molar-refractivity contribution in [3.63, 3.8) is 0 Å². The molecule has 2 aliphatic rings. The van der Waals surface area contributed by atoms with Crippen LogP contribution in [0.1, 0.15) is 54.0 Å². The van der Waals surface area contributed by atoms with Gasteiger partial charge in [0, 0.05) is 26.2 Å². The Morgan fingerprint density at radius 3 is 2.42 bits per heavy atom. The number of amides is 1. The zero-order valence-corrected chi connectivity index (χ0v) is 20.4. The van der Waals surface area contributed by atoms with Crippen molar-refractivity contribution in [2.45, 2.75) is 38.6 Å². The van der Waals surface area contributed by atoms with Gasteiger partial charge < -0.3 is 14.7 Å². The van der Waals surface area contributed by atoms with Crippen molar-refractivity contribution in [2.75, 3.05) is 39.4 Å². The van der Waals surface area contributed by atoms with Gasteiger partial charge in [-0.3, -0.25) is 14.5 Å². The molecule has 176 valence electrons. The summed E-state index contributed by atoms with van der Waals surface area (Å²) in [5.41, 5.74) is 2.19. The van der Waals surface area contributed by atoms with E-state index in [1.54, 1.807) is 17.0 Å². The topological polar surface area (TPSA) is 70.1 Å². The molecule has 6 nitrogen and oxygen atoms in total. The SMILES string of the molecule is CC(C)(C)c1ccc(C2C(C(=O)c3cccs3)=C(O)C(=O)N2CCCN2CCOCC2)cc1. The fourth-order valence-corrected chi connectivity index (χ4v) is 5.14. The summed E-state index contributed by atoms with van der Waals surface area (Å²) in [6, 6.07) is 11.0. The summed E-state index contributed by atoms with van der Waals surface area (Å²) in [5, 5.41) is 12.6. The highest BCUT2D eigenvalue weighted by Crippen LogP contribution is 2.40. The summed E-state index contributed by atoms with van der Waals surface area (Å²) in [5.74, 6) is -1.18. The maximum Gasteiger partial charge on any atom is 0.290 e. The molecule has 1 aromatic heterocycles. The number of nitrogens with zero attached hydrogens (tertiary/aromatic N) is 2. The molecular formula is C26H32N2O4S. The number of aliphatic hydroxyl groups is 1. The van der Waals surface area contributed by atoms with Gasteiger partial charge in [-0.2, -0.15) is 0 Å². The lowest BCUT2D eigenvalue weighted by Gasteiger charge is -2.30. The average molecular weight is 469 g/mol. The molecule has 1 saturated heterocycles. The van der Waals surface area contributed by atoms with Crippen LogP contribution in [0.3, 0.4) is 0 Å². The summed E-state index contributed by atoms with van der Waals surface area (Å²) in [6.45, 7) is 11.0. The van der Waals surface area contributed by atoms with Crippen molar-refractivity contribution in [3.8, 4) is 0 Å². The maximum atomic E-state index is 13.3. The van der Waals surface area contributed by atoms with Gasteiger partial charge >= 0.3 is 0 Å². The monoisotopic (exact) mass is 468 g/mol. The van der Waals surface area contributed by atoms with Gasteiger partial charge in [-0.05, 0) is 34.4 Å². The molecule has 7 heteroatoms. The van der Waals surface area contributed by atoms with Crippen LogP contribution < -0.4 is 0 Å². The Labute approximate surface area is 199 Å². The molecule has 1 aromatic carbocycles. The number of ether oxygens (including phenoxy) is 1. The lowest BCUT2D eigenvalue weighted by atomic mass is 9.85. The lowest BCUT2D eigenvalue weighted by molar-refractivity contribution is -0.129. The van der Waals surface area contributed by atoms with Crippen LogP contribution >= 0.6 is 11.3 Å². The molecule has 0 bridgehead atoms. The van der Waals surface area contributed by atoms with Gasteiger partial charge in [0.2, 0.25) is 5.78 Å². The Bertz CT molecular complexity index is 1020. The van der Waals surface area contributed by atoms with E-state index in [4.69, 9.17) is 4.74 Å². The summed E-state index contributed by atoms with van der Waals surface area (Å²) in [6.07, 6.45) is 0.760. The molecule has 0 radical (unpaired) electrons. The highest BCUT2D eigenvalue weighted by atomic mass is 32.1. The van der Waals surface area contributed by atoms with Crippen molar-refractivity contribution >= 4 is 23.0 Å². The van der Waals surface area contributed by atoms with Crippen molar-refractivity contribution < 1.29 is 19.4 Å². The number of hydrogen-bond donors (Lipinski definition) is 1. The molecule has 1 N–H and O–H groups in total. The first-order valence-corrected chi connectivity index (χ1v) is 12.4. The van der Waals surface area contributed by atoms with E-state index in [2.05, 4.69) is 25.7 Å². The van der Waals surface area contributed by atoms with Crippen LogP contribution in [-0.2, 0) is 14.9 Å². The van der Waals surface area contributed by atoms with Crippen molar-refractivity contribution in [1.29, 1.82) is 0 Å². The van der Waals surface area contributed by atoms with Crippen molar-refractivity contribution in [2.24, 2.45) is 0 Å². The summed E-state index contributed by atoms with van der Waals surface area (Å²) >= 11 is 1.32. The number of Topliss-reactive ketones (excluding diaryl/α,β-unsaturated/α-hetero) is 1. The molecule has 2 aliphatic heterocycles. The van der Waals surface area contributed by atoms with Crippen LogP contribution in [0.4, 0.5) is 0 Å². The Kier molecular flexibility index (Phi) is 7.02. The number of ketones is 1. The number of thiophene rings is 1. The van der Waals surface area contributed by atoms with E-state index in [0.29, 0.717) is 11.4 Å². The maximum absolute atomic E-state index is 13.3. The Morgan fingerprint density at radius 2 is 1.82 bits per heavy atom. The second-order valence-electron chi connectivity index (χ2n) is 9.65. The zero-order chi connectivity index (χ0) is 23.6. The van der Waals surface area contributed by atoms with E-state index in [1.807, 2.05) is 29.6 Å². The second-order valence-corrected chi connectivity index (χ2v) is 10.6. The summed E-state index contributed by atoms with van der Waals surface area (Å²) in [7, 11) is 0. The first kappa shape index (κ1) is 23.7. The number of carbonyl (C=O) groups excluding carboxylic acids is 2. The molecule has 0 aliphatic carbocycles. The van der Waals surface area contributed by atoms with Crippen LogP contribution in [0.15, 0.2) is 53.1 Å². The Balaban J connectivity index is 1.62. The molecule has 0 spiro atoms. The minimum Gasteiger partial charge on any atom is -0.503 e. The lowest BCUT2D eigenvalue weighted by Crippen LogP contribution is -2.39. The number of benzene rings is 1. The van der Waals surface area contributed by atoms with Crippen molar-refractivity contribution in [3.05, 3.63) is 69.1 Å². The van der Waals surface area contributed by atoms with Gasteiger partial charge in [0.1, 0.15) is 0 Å². The molecule has 1 amide bonds. The van der Waals surface area contributed by atoms with Gasteiger partial charge in [-0.25, -0.2) is 0 Å². The minimum atomic E-state index is -0.592. The standard InChI is InChI=1S/C26H32N2O4S/c1-26(2,3)19-9-7-18(8-10-19)22-21(23(29)20-6-4-17-33-20)24(30)25(31)28(22)12-5-11-27-13-15-32-16-14-27/h4,6-10,17,22,30H,5,11-16H2,1-3H3. The van der Waals surface area contributed by atoms with E-state index in [1.165, 1.54) is 16.9 Å². The number of rotatable bonds is 7. The normalized spacial score (nSPS) is 20.0.